The van der Waals surface area contributed by atoms with Gasteiger partial charge in [-0.2, -0.15) is 10.4 Å². The van der Waals surface area contributed by atoms with Crippen LogP contribution in [-0.2, 0) is 6.54 Å². The summed E-state index contributed by atoms with van der Waals surface area (Å²) in [6, 6.07) is 16.1. The predicted octanol–water partition coefficient (Wildman–Crippen LogP) is 2.99. The topological polar surface area (TPSA) is 73.3 Å². The number of hydrogen-bond donors (Lipinski definition) is 0. The molecule has 0 radical (unpaired) electrons. The fraction of sp³-hybridized carbons (Fsp3) is 0.217. The number of aromatic nitrogens is 4. The molecule has 0 unspecified atom stereocenters. The normalized spacial score (nSPS) is 14.7. The number of piperazine rings is 1. The van der Waals surface area contributed by atoms with Crippen molar-refractivity contribution >= 4 is 11.5 Å². The van der Waals surface area contributed by atoms with Crippen LogP contribution in [0.1, 0.15) is 11.1 Å². The maximum atomic E-state index is 9.31. The number of pyridine rings is 1. The molecule has 1 aliphatic rings. The van der Waals surface area contributed by atoms with E-state index in [2.05, 4.69) is 49.3 Å². The van der Waals surface area contributed by atoms with Crippen LogP contribution in [0.3, 0.4) is 0 Å². The average Bonchev–Trinajstić information content (AvgIpc) is 3.23. The summed E-state index contributed by atoms with van der Waals surface area (Å²) in [5.74, 6) is 0.785. The van der Waals surface area contributed by atoms with Crippen LogP contribution in [0.2, 0.25) is 0 Å². The lowest BCUT2D eigenvalue weighted by molar-refractivity contribution is 0.248. The number of fused-ring (bicyclic) bond motifs is 1. The highest BCUT2D eigenvalue weighted by molar-refractivity contribution is 5.76. The van der Waals surface area contributed by atoms with E-state index in [4.69, 9.17) is 0 Å². The van der Waals surface area contributed by atoms with Gasteiger partial charge in [0.1, 0.15) is 11.9 Å². The van der Waals surface area contributed by atoms with Crippen molar-refractivity contribution in [1.29, 1.82) is 5.26 Å². The molecule has 0 aliphatic carbocycles. The highest BCUT2D eigenvalue weighted by Crippen LogP contribution is 2.23. The lowest BCUT2D eigenvalue weighted by Crippen LogP contribution is -2.46. The molecule has 4 aromatic rings. The molecular weight excluding hydrogens is 374 g/mol. The van der Waals surface area contributed by atoms with Crippen molar-refractivity contribution in [3.05, 3.63) is 78.4 Å². The quantitative estimate of drug-likeness (QED) is 0.529. The van der Waals surface area contributed by atoms with Gasteiger partial charge in [-0.05, 0) is 17.7 Å². The van der Waals surface area contributed by atoms with Gasteiger partial charge in [-0.25, -0.2) is 14.5 Å². The highest BCUT2D eigenvalue weighted by Gasteiger charge is 2.20. The van der Waals surface area contributed by atoms with Gasteiger partial charge in [0.05, 0.1) is 11.8 Å². The Labute approximate surface area is 174 Å². The third-order valence-electron chi connectivity index (χ3n) is 5.48. The molecule has 1 fully saturated rings. The van der Waals surface area contributed by atoms with Crippen LogP contribution in [0.4, 0.5) is 5.82 Å². The molecule has 7 heteroatoms. The van der Waals surface area contributed by atoms with Crippen molar-refractivity contribution < 1.29 is 0 Å². The molecule has 1 aliphatic heterocycles. The Hall–Kier alpha value is -3.76. The Kier molecular flexibility index (Phi) is 4.83. The Morgan fingerprint density at radius 2 is 1.77 bits per heavy atom. The third-order valence-corrected chi connectivity index (χ3v) is 5.48. The molecule has 0 bridgehead atoms. The summed E-state index contributed by atoms with van der Waals surface area (Å²) in [4.78, 5) is 13.7. The maximum Gasteiger partial charge on any atom is 0.162 e. The van der Waals surface area contributed by atoms with Crippen LogP contribution < -0.4 is 4.90 Å². The summed E-state index contributed by atoms with van der Waals surface area (Å²) in [6.45, 7) is 4.34. The van der Waals surface area contributed by atoms with Crippen LogP contribution in [0.5, 0.6) is 0 Å². The number of hydrogen-bond acceptors (Lipinski definition) is 6. The molecule has 4 heterocycles. The SMILES string of the molecule is N#Cc1cccnc1N1CCN(Cc2cnc3c(-c4ccccc4)cnn3c2)CC1. The number of anilines is 1. The molecule has 0 N–H and O–H groups in total. The molecule has 0 spiro atoms. The minimum Gasteiger partial charge on any atom is -0.353 e. The van der Waals surface area contributed by atoms with Crippen LogP contribution in [-0.4, -0.2) is 50.7 Å². The van der Waals surface area contributed by atoms with Crippen LogP contribution in [0, 0.1) is 11.3 Å². The standard InChI is InChI=1S/C23H21N7/c24-13-20-7-4-8-25-22(20)29-11-9-28(10-12-29)16-18-14-26-23-21(15-27-30(23)17-18)19-5-2-1-3-6-19/h1-8,14-15,17H,9-12,16H2. The largest absolute Gasteiger partial charge is 0.353 e. The van der Waals surface area contributed by atoms with Gasteiger partial charge < -0.3 is 4.90 Å². The molecule has 1 aromatic carbocycles. The van der Waals surface area contributed by atoms with E-state index in [1.807, 2.05) is 41.2 Å². The fourth-order valence-corrected chi connectivity index (χ4v) is 3.93. The van der Waals surface area contributed by atoms with Crippen molar-refractivity contribution in [2.24, 2.45) is 0 Å². The zero-order chi connectivity index (χ0) is 20.3. The number of nitrogens with zero attached hydrogens (tertiary/aromatic N) is 7. The van der Waals surface area contributed by atoms with Gasteiger partial charge in [-0.1, -0.05) is 30.3 Å². The summed E-state index contributed by atoms with van der Waals surface area (Å²) in [7, 11) is 0. The first-order valence-electron chi connectivity index (χ1n) is 10.0. The average molecular weight is 395 g/mol. The van der Waals surface area contributed by atoms with Crippen molar-refractivity contribution in [2.45, 2.75) is 6.54 Å². The van der Waals surface area contributed by atoms with Gasteiger partial charge in [0.15, 0.2) is 5.65 Å². The first-order chi connectivity index (χ1) is 14.8. The predicted molar refractivity (Wildman–Crippen MR) is 115 cm³/mol. The molecule has 0 amide bonds. The van der Waals surface area contributed by atoms with E-state index in [0.29, 0.717) is 5.56 Å². The molecule has 148 valence electrons. The first-order valence-corrected chi connectivity index (χ1v) is 10.0. The Morgan fingerprint density at radius 3 is 2.57 bits per heavy atom. The van der Waals surface area contributed by atoms with Gasteiger partial charge in [0, 0.05) is 62.4 Å². The van der Waals surface area contributed by atoms with Crippen molar-refractivity contribution in [2.75, 3.05) is 31.1 Å². The van der Waals surface area contributed by atoms with Crippen LogP contribution >= 0.6 is 0 Å². The van der Waals surface area contributed by atoms with E-state index >= 15 is 0 Å². The fourth-order valence-electron chi connectivity index (χ4n) is 3.93. The molecule has 3 aromatic heterocycles. The van der Waals surface area contributed by atoms with E-state index in [9.17, 15) is 5.26 Å². The van der Waals surface area contributed by atoms with Crippen LogP contribution in [0.15, 0.2) is 67.3 Å². The van der Waals surface area contributed by atoms with E-state index in [-0.39, 0.29) is 0 Å². The second-order valence-corrected chi connectivity index (χ2v) is 7.40. The minimum absolute atomic E-state index is 0.633. The summed E-state index contributed by atoms with van der Waals surface area (Å²) in [6.07, 6.45) is 7.63. The molecule has 1 saturated heterocycles. The zero-order valence-corrected chi connectivity index (χ0v) is 16.5. The van der Waals surface area contributed by atoms with Gasteiger partial charge in [0.2, 0.25) is 0 Å². The van der Waals surface area contributed by atoms with Crippen molar-refractivity contribution in [3.8, 4) is 17.2 Å². The second kappa shape index (κ2) is 7.93. The zero-order valence-electron chi connectivity index (χ0n) is 16.5. The number of nitriles is 1. The Balaban J connectivity index is 1.27. The van der Waals surface area contributed by atoms with Crippen LogP contribution in [0.25, 0.3) is 16.8 Å². The molecule has 5 rings (SSSR count). The summed E-state index contributed by atoms with van der Waals surface area (Å²) < 4.78 is 1.86. The molecular formula is C23H21N7. The first kappa shape index (κ1) is 18.3. The lowest BCUT2D eigenvalue weighted by atomic mass is 10.1. The maximum absolute atomic E-state index is 9.31. The van der Waals surface area contributed by atoms with E-state index < -0.39 is 0 Å². The Bertz CT molecular complexity index is 1200. The molecule has 0 atom stereocenters. The smallest absolute Gasteiger partial charge is 0.162 e. The number of rotatable bonds is 4. The monoisotopic (exact) mass is 395 g/mol. The minimum atomic E-state index is 0.633. The van der Waals surface area contributed by atoms with Gasteiger partial charge >= 0.3 is 0 Å². The Morgan fingerprint density at radius 1 is 0.933 bits per heavy atom. The summed E-state index contributed by atoms with van der Waals surface area (Å²) >= 11 is 0. The number of benzene rings is 1. The van der Waals surface area contributed by atoms with E-state index in [1.165, 1.54) is 0 Å². The summed E-state index contributed by atoms with van der Waals surface area (Å²) in [5, 5.41) is 13.8. The third kappa shape index (κ3) is 3.49. The second-order valence-electron chi connectivity index (χ2n) is 7.40. The van der Waals surface area contributed by atoms with Crippen molar-refractivity contribution in [1.82, 2.24) is 24.5 Å². The van der Waals surface area contributed by atoms with Gasteiger partial charge in [-0.3, -0.25) is 4.90 Å². The van der Waals surface area contributed by atoms with E-state index in [1.54, 1.807) is 12.3 Å². The highest BCUT2D eigenvalue weighted by atomic mass is 15.3. The van der Waals surface area contributed by atoms with E-state index in [0.717, 1.165) is 60.9 Å². The lowest BCUT2D eigenvalue weighted by Gasteiger charge is -2.35. The van der Waals surface area contributed by atoms with Gasteiger partial charge in [0.25, 0.3) is 0 Å². The molecule has 0 saturated carbocycles. The van der Waals surface area contributed by atoms with Gasteiger partial charge in [-0.15, -0.1) is 0 Å². The molecule has 30 heavy (non-hydrogen) atoms. The summed E-state index contributed by atoms with van der Waals surface area (Å²) in [5.41, 5.74) is 4.80. The molecule has 7 nitrogen and oxygen atoms in total. The van der Waals surface area contributed by atoms with Crippen molar-refractivity contribution in [3.63, 3.8) is 0 Å².